The molecule has 2 bridgehead atoms. The van der Waals surface area contributed by atoms with Crippen LogP contribution in [0.5, 0.6) is 0 Å². The molecule has 1 spiro atoms. The van der Waals surface area contributed by atoms with Gasteiger partial charge in [0.15, 0.2) is 0 Å². The van der Waals surface area contributed by atoms with Gasteiger partial charge in [-0.05, 0) is 49.3 Å². The normalized spacial score (nSPS) is 33.1. The van der Waals surface area contributed by atoms with E-state index in [0.717, 1.165) is 57.8 Å². The van der Waals surface area contributed by atoms with Crippen molar-refractivity contribution in [2.45, 2.75) is 114 Å². The first kappa shape index (κ1) is 25.6. The van der Waals surface area contributed by atoms with E-state index in [4.69, 9.17) is 4.74 Å². The average Bonchev–Trinajstić information content (AvgIpc) is 3.57. The number of hydrogen-bond acceptors (Lipinski definition) is 4. The Bertz CT molecular complexity index is 1100. The molecule has 0 unspecified atom stereocenters. The van der Waals surface area contributed by atoms with E-state index in [0.29, 0.717) is 11.6 Å². The third-order valence-electron chi connectivity index (χ3n) is 9.63. The van der Waals surface area contributed by atoms with Crippen LogP contribution in [0.4, 0.5) is 5.69 Å². The second kappa shape index (κ2) is 10.1. The number of benzene rings is 1. The fourth-order valence-electron chi connectivity index (χ4n) is 7.66. The van der Waals surface area contributed by atoms with Crippen molar-refractivity contribution in [3.05, 3.63) is 42.0 Å². The lowest BCUT2D eigenvalue weighted by atomic mass is 9.74. The number of fused-ring (bicyclic) bond motifs is 1. The van der Waals surface area contributed by atoms with Gasteiger partial charge in [-0.1, -0.05) is 76.7 Å². The number of ether oxygens (including phenoxy) is 1. The van der Waals surface area contributed by atoms with Crippen LogP contribution >= 0.6 is 0 Å². The quantitative estimate of drug-likeness (QED) is 0.534. The molecule has 38 heavy (non-hydrogen) atoms. The van der Waals surface area contributed by atoms with Crippen LogP contribution in [0.2, 0.25) is 0 Å². The molecule has 2 aliphatic carbocycles. The molecule has 204 valence electrons. The standard InChI is InChI=1S/C31H41N3O4/c1-19(2)20-13-15-22(16-14-20)32-28(35)25-24-17-18-31(38-24)26(25)30(37)34(23-11-7-4-8-12-23)27(31)29(36)33-21-9-5-3-6-10-21/h13-19,21,23-27H,3-12H2,1-2H3,(H,32,35)(H,33,36)/t24-,25-,26-,27-,31-/m1/s1. The molecule has 2 N–H and O–H groups in total. The second-order valence-electron chi connectivity index (χ2n) is 12.3. The maximum atomic E-state index is 14.2. The highest BCUT2D eigenvalue weighted by Gasteiger charge is 2.73. The summed E-state index contributed by atoms with van der Waals surface area (Å²) in [5.41, 5.74) is 0.831. The summed E-state index contributed by atoms with van der Waals surface area (Å²) in [6.07, 6.45) is 13.8. The van der Waals surface area contributed by atoms with Crippen molar-refractivity contribution in [2.24, 2.45) is 11.8 Å². The number of nitrogens with zero attached hydrogens (tertiary/aromatic N) is 1. The molecule has 1 aromatic carbocycles. The van der Waals surface area contributed by atoms with Crippen LogP contribution in [0, 0.1) is 11.8 Å². The van der Waals surface area contributed by atoms with E-state index in [2.05, 4.69) is 24.5 Å². The minimum absolute atomic E-state index is 0.0154. The molecule has 2 saturated heterocycles. The maximum absolute atomic E-state index is 14.2. The Balaban J connectivity index is 1.29. The lowest BCUT2D eigenvalue weighted by Crippen LogP contribution is -2.58. The Labute approximate surface area is 225 Å². The van der Waals surface area contributed by atoms with Gasteiger partial charge >= 0.3 is 0 Å². The molecule has 3 heterocycles. The van der Waals surface area contributed by atoms with E-state index >= 15 is 0 Å². The monoisotopic (exact) mass is 519 g/mol. The van der Waals surface area contributed by atoms with Crippen LogP contribution in [-0.4, -0.2) is 52.5 Å². The molecule has 4 fully saturated rings. The number of carbonyl (C=O) groups excluding carboxylic acids is 3. The number of anilines is 1. The van der Waals surface area contributed by atoms with E-state index in [1.807, 2.05) is 41.3 Å². The summed E-state index contributed by atoms with van der Waals surface area (Å²) in [5, 5.41) is 6.34. The van der Waals surface area contributed by atoms with Crippen LogP contribution in [0.25, 0.3) is 0 Å². The molecule has 7 nitrogen and oxygen atoms in total. The van der Waals surface area contributed by atoms with E-state index in [9.17, 15) is 14.4 Å². The van der Waals surface area contributed by atoms with Gasteiger partial charge in [-0.15, -0.1) is 0 Å². The first-order valence-corrected chi connectivity index (χ1v) is 14.8. The van der Waals surface area contributed by atoms with Crippen LogP contribution in [-0.2, 0) is 19.1 Å². The fourth-order valence-corrected chi connectivity index (χ4v) is 7.66. The van der Waals surface area contributed by atoms with Crippen molar-refractivity contribution in [2.75, 3.05) is 5.32 Å². The Morgan fingerprint density at radius 1 is 0.947 bits per heavy atom. The number of carbonyl (C=O) groups is 3. The topological polar surface area (TPSA) is 87.7 Å². The Kier molecular flexibility index (Phi) is 6.83. The number of nitrogens with one attached hydrogen (secondary N) is 2. The predicted molar refractivity (Wildman–Crippen MR) is 145 cm³/mol. The molecule has 3 amide bonds. The lowest BCUT2D eigenvalue weighted by Gasteiger charge is -2.39. The smallest absolute Gasteiger partial charge is 0.246 e. The summed E-state index contributed by atoms with van der Waals surface area (Å²) < 4.78 is 6.53. The molecule has 1 aromatic rings. The van der Waals surface area contributed by atoms with Crippen molar-refractivity contribution in [3.8, 4) is 0 Å². The first-order chi connectivity index (χ1) is 18.4. The number of hydrogen-bond donors (Lipinski definition) is 2. The summed E-state index contributed by atoms with van der Waals surface area (Å²) in [4.78, 5) is 43.7. The minimum Gasteiger partial charge on any atom is -0.359 e. The zero-order valence-electron chi connectivity index (χ0n) is 22.7. The van der Waals surface area contributed by atoms with Crippen molar-refractivity contribution in [1.29, 1.82) is 0 Å². The summed E-state index contributed by atoms with van der Waals surface area (Å²) in [7, 11) is 0. The molecule has 0 aromatic heterocycles. The molecule has 7 heteroatoms. The van der Waals surface area contributed by atoms with Gasteiger partial charge in [-0.2, -0.15) is 0 Å². The maximum Gasteiger partial charge on any atom is 0.246 e. The highest BCUT2D eigenvalue weighted by Crippen LogP contribution is 2.56. The van der Waals surface area contributed by atoms with E-state index in [1.54, 1.807) is 0 Å². The second-order valence-corrected chi connectivity index (χ2v) is 12.3. The Morgan fingerprint density at radius 3 is 2.26 bits per heavy atom. The highest BCUT2D eigenvalue weighted by atomic mass is 16.5. The summed E-state index contributed by atoms with van der Waals surface area (Å²) in [5.74, 6) is -1.36. The van der Waals surface area contributed by atoms with Gasteiger partial charge in [-0.25, -0.2) is 0 Å². The Hall–Kier alpha value is -2.67. The molecular weight excluding hydrogens is 478 g/mol. The predicted octanol–water partition coefficient (Wildman–Crippen LogP) is 4.68. The van der Waals surface area contributed by atoms with Crippen molar-refractivity contribution >= 4 is 23.4 Å². The van der Waals surface area contributed by atoms with Gasteiger partial charge in [0.05, 0.1) is 17.9 Å². The van der Waals surface area contributed by atoms with Gasteiger partial charge in [0.1, 0.15) is 11.6 Å². The summed E-state index contributed by atoms with van der Waals surface area (Å²) in [6.45, 7) is 4.27. The zero-order valence-corrected chi connectivity index (χ0v) is 22.7. The van der Waals surface area contributed by atoms with Crippen LogP contribution < -0.4 is 10.6 Å². The number of amides is 3. The largest absolute Gasteiger partial charge is 0.359 e. The number of likely N-dealkylation sites (tertiary alicyclic amines) is 1. The zero-order chi connectivity index (χ0) is 26.4. The average molecular weight is 520 g/mol. The minimum atomic E-state index is -1.08. The third-order valence-corrected chi connectivity index (χ3v) is 9.63. The molecular formula is C31H41N3O4. The molecule has 0 radical (unpaired) electrons. The van der Waals surface area contributed by atoms with Crippen LogP contribution in [0.1, 0.15) is 89.5 Å². The fraction of sp³-hybridized carbons (Fsp3) is 0.645. The van der Waals surface area contributed by atoms with Gasteiger partial charge in [0.2, 0.25) is 17.7 Å². The molecule has 5 atom stereocenters. The van der Waals surface area contributed by atoms with Gasteiger partial charge in [-0.3, -0.25) is 14.4 Å². The third kappa shape index (κ3) is 4.27. The van der Waals surface area contributed by atoms with Gasteiger partial charge in [0, 0.05) is 17.8 Å². The SMILES string of the molecule is CC(C)c1ccc(NC(=O)[C@@H]2[C@H]3C=C[C@@]4(O3)[C@H]2C(=O)N(C2CCCCC2)[C@@H]4C(=O)NC2CCCCC2)cc1. The highest BCUT2D eigenvalue weighted by molar-refractivity contribution is 6.03. The Morgan fingerprint density at radius 2 is 1.61 bits per heavy atom. The number of rotatable bonds is 6. The lowest BCUT2D eigenvalue weighted by molar-refractivity contribution is -0.144. The summed E-state index contributed by atoms with van der Waals surface area (Å²) in [6, 6.07) is 7.31. The molecule has 2 saturated carbocycles. The molecule has 5 aliphatic rings. The van der Waals surface area contributed by atoms with E-state index in [-0.39, 0.29) is 29.8 Å². The van der Waals surface area contributed by atoms with Crippen molar-refractivity contribution in [1.82, 2.24) is 10.2 Å². The van der Waals surface area contributed by atoms with Crippen molar-refractivity contribution < 1.29 is 19.1 Å². The molecule has 6 rings (SSSR count). The van der Waals surface area contributed by atoms with E-state index in [1.165, 1.54) is 12.0 Å². The van der Waals surface area contributed by atoms with Crippen LogP contribution in [0.3, 0.4) is 0 Å². The van der Waals surface area contributed by atoms with Gasteiger partial charge < -0.3 is 20.3 Å². The molecule has 3 aliphatic heterocycles. The first-order valence-electron chi connectivity index (χ1n) is 14.8. The van der Waals surface area contributed by atoms with Crippen LogP contribution in [0.15, 0.2) is 36.4 Å². The van der Waals surface area contributed by atoms with E-state index < -0.39 is 29.6 Å². The van der Waals surface area contributed by atoms with Crippen molar-refractivity contribution in [3.63, 3.8) is 0 Å². The summed E-state index contributed by atoms with van der Waals surface area (Å²) >= 11 is 0. The van der Waals surface area contributed by atoms with Gasteiger partial charge in [0.25, 0.3) is 0 Å².